The standard InChI is InChI=1S/C10H12N2O2/c1-4-7-9-8(13)5-6(2)14-10(9)12(3)11-7/h5H,4H2,1-3H3. The maximum Gasteiger partial charge on any atom is 0.228 e. The van der Waals surface area contributed by atoms with Crippen LogP contribution in [0.4, 0.5) is 0 Å². The minimum Gasteiger partial charge on any atom is -0.443 e. The number of rotatable bonds is 1. The number of fused-ring (bicyclic) bond motifs is 1. The van der Waals surface area contributed by atoms with E-state index < -0.39 is 0 Å². The van der Waals surface area contributed by atoms with E-state index in [9.17, 15) is 4.79 Å². The lowest BCUT2D eigenvalue weighted by molar-refractivity contribution is 0.527. The van der Waals surface area contributed by atoms with Gasteiger partial charge in [-0.05, 0) is 13.3 Å². The Labute approximate surface area is 81.1 Å². The zero-order valence-electron chi connectivity index (χ0n) is 8.50. The molecule has 2 rings (SSSR count). The van der Waals surface area contributed by atoms with Gasteiger partial charge in [0.15, 0.2) is 5.43 Å². The maximum atomic E-state index is 11.7. The van der Waals surface area contributed by atoms with Crippen molar-refractivity contribution in [2.45, 2.75) is 20.3 Å². The van der Waals surface area contributed by atoms with Crippen molar-refractivity contribution in [1.29, 1.82) is 0 Å². The number of aryl methyl sites for hydroxylation is 3. The van der Waals surface area contributed by atoms with Crippen LogP contribution in [0.15, 0.2) is 15.3 Å². The van der Waals surface area contributed by atoms with Crippen molar-refractivity contribution in [3.05, 3.63) is 27.7 Å². The van der Waals surface area contributed by atoms with E-state index in [1.165, 1.54) is 6.07 Å². The van der Waals surface area contributed by atoms with Crippen LogP contribution in [0.5, 0.6) is 0 Å². The van der Waals surface area contributed by atoms with E-state index in [1.807, 2.05) is 6.92 Å². The van der Waals surface area contributed by atoms with Crippen molar-refractivity contribution in [1.82, 2.24) is 9.78 Å². The van der Waals surface area contributed by atoms with Crippen LogP contribution < -0.4 is 5.43 Å². The summed E-state index contributed by atoms with van der Waals surface area (Å²) in [6.45, 7) is 3.74. The molecule has 0 spiro atoms. The minimum absolute atomic E-state index is 0.00583. The van der Waals surface area contributed by atoms with Crippen molar-refractivity contribution in [3.63, 3.8) is 0 Å². The van der Waals surface area contributed by atoms with Gasteiger partial charge in [0.25, 0.3) is 0 Å². The second kappa shape index (κ2) is 2.97. The summed E-state index contributed by atoms with van der Waals surface area (Å²) >= 11 is 0. The second-order valence-corrected chi connectivity index (χ2v) is 3.33. The average molecular weight is 192 g/mol. The van der Waals surface area contributed by atoms with Gasteiger partial charge in [-0.2, -0.15) is 5.10 Å². The van der Waals surface area contributed by atoms with Crippen LogP contribution in [0.2, 0.25) is 0 Å². The molecule has 0 amide bonds. The fourth-order valence-electron chi connectivity index (χ4n) is 1.61. The van der Waals surface area contributed by atoms with E-state index in [2.05, 4.69) is 5.10 Å². The maximum absolute atomic E-state index is 11.7. The lowest BCUT2D eigenvalue weighted by atomic mass is 10.2. The molecule has 0 saturated carbocycles. The van der Waals surface area contributed by atoms with Gasteiger partial charge in [-0.15, -0.1) is 0 Å². The molecule has 2 aromatic heterocycles. The molecule has 0 aliphatic carbocycles. The second-order valence-electron chi connectivity index (χ2n) is 3.33. The van der Waals surface area contributed by atoms with Gasteiger partial charge < -0.3 is 4.42 Å². The molecule has 0 radical (unpaired) electrons. The monoisotopic (exact) mass is 192 g/mol. The highest BCUT2D eigenvalue weighted by Crippen LogP contribution is 2.15. The van der Waals surface area contributed by atoms with Gasteiger partial charge in [-0.3, -0.25) is 4.79 Å². The zero-order valence-corrected chi connectivity index (χ0v) is 8.50. The van der Waals surface area contributed by atoms with Crippen molar-refractivity contribution >= 4 is 11.1 Å². The van der Waals surface area contributed by atoms with E-state index >= 15 is 0 Å². The number of hydrogen-bond acceptors (Lipinski definition) is 3. The molecule has 0 atom stereocenters. The first-order valence-electron chi connectivity index (χ1n) is 4.59. The van der Waals surface area contributed by atoms with Crippen molar-refractivity contribution < 1.29 is 4.42 Å². The summed E-state index contributed by atoms with van der Waals surface area (Å²) in [6.07, 6.45) is 0.741. The highest BCUT2D eigenvalue weighted by molar-refractivity contribution is 5.76. The SMILES string of the molecule is CCc1nn(C)c2oc(C)cc(=O)c12. The Bertz CT molecular complexity index is 537. The Kier molecular flexibility index (Phi) is 1.91. The molecule has 0 bridgehead atoms. The van der Waals surface area contributed by atoms with E-state index in [1.54, 1.807) is 18.7 Å². The summed E-state index contributed by atoms with van der Waals surface area (Å²) in [5.74, 6) is 0.619. The third kappa shape index (κ3) is 1.14. The normalized spacial score (nSPS) is 11.1. The van der Waals surface area contributed by atoms with Crippen molar-refractivity contribution in [3.8, 4) is 0 Å². The van der Waals surface area contributed by atoms with Crippen LogP contribution in [-0.2, 0) is 13.5 Å². The Balaban J connectivity index is 2.97. The average Bonchev–Trinajstić information content (AvgIpc) is 2.43. The molecule has 0 fully saturated rings. The van der Waals surface area contributed by atoms with Gasteiger partial charge >= 0.3 is 0 Å². The smallest absolute Gasteiger partial charge is 0.228 e. The third-order valence-electron chi connectivity index (χ3n) is 2.24. The van der Waals surface area contributed by atoms with Crippen LogP contribution in [0.3, 0.4) is 0 Å². The predicted molar refractivity (Wildman–Crippen MR) is 53.4 cm³/mol. The van der Waals surface area contributed by atoms with Gasteiger partial charge in [0.05, 0.1) is 5.69 Å². The molecule has 4 heteroatoms. The quantitative estimate of drug-likeness (QED) is 0.686. The van der Waals surface area contributed by atoms with Crippen LogP contribution in [0.25, 0.3) is 11.1 Å². The van der Waals surface area contributed by atoms with Gasteiger partial charge in [-0.25, -0.2) is 4.68 Å². The summed E-state index contributed by atoms with van der Waals surface area (Å²) in [5, 5.41) is 4.84. The van der Waals surface area contributed by atoms with Gasteiger partial charge in [0, 0.05) is 13.1 Å². The lowest BCUT2D eigenvalue weighted by Crippen LogP contribution is -2.01. The molecule has 4 nitrogen and oxygen atoms in total. The fourth-order valence-corrected chi connectivity index (χ4v) is 1.61. The summed E-state index contributed by atoms with van der Waals surface area (Å²) in [6, 6.07) is 1.50. The summed E-state index contributed by atoms with van der Waals surface area (Å²) in [5.41, 5.74) is 1.36. The Hall–Kier alpha value is -1.58. The Morgan fingerprint density at radius 1 is 1.57 bits per heavy atom. The molecule has 14 heavy (non-hydrogen) atoms. The third-order valence-corrected chi connectivity index (χ3v) is 2.24. The van der Waals surface area contributed by atoms with Crippen LogP contribution in [0, 0.1) is 6.92 Å². The molecule has 0 saturated heterocycles. The lowest BCUT2D eigenvalue weighted by Gasteiger charge is -1.94. The minimum atomic E-state index is -0.00583. The first kappa shape index (κ1) is 8.99. The Morgan fingerprint density at radius 2 is 2.29 bits per heavy atom. The first-order chi connectivity index (χ1) is 6.63. The van der Waals surface area contributed by atoms with Gasteiger partial charge in [0.1, 0.15) is 11.1 Å². The molecule has 0 aliphatic rings. The number of nitrogens with zero attached hydrogens (tertiary/aromatic N) is 2. The molecule has 0 N–H and O–H groups in total. The summed E-state index contributed by atoms with van der Waals surface area (Å²) < 4.78 is 7.07. The van der Waals surface area contributed by atoms with Gasteiger partial charge in [0.2, 0.25) is 5.71 Å². The van der Waals surface area contributed by atoms with Crippen molar-refractivity contribution in [2.24, 2.45) is 7.05 Å². The van der Waals surface area contributed by atoms with Crippen LogP contribution in [0.1, 0.15) is 18.4 Å². The molecule has 2 aromatic rings. The topological polar surface area (TPSA) is 48.0 Å². The fraction of sp³-hybridized carbons (Fsp3) is 0.400. The molecule has 0 aromatic carbocycles. The zero-order chi connectivity index (χ0) is 10.3. The predicted octanol–water partition coefficient (Wildman–Crippen LogP) is 1.40. The van der Waals surface area contributed by atoms with E-state index in [4.69, 9.17) is 4.42 Å². The van der Waals surface area contributed by atoms with E-state index in [0.717, 1.165) is 12.1 Å². The molecular formula is C10H12N2O2. The summed E-state index contributed by atoms with van der Waals surface area (Å²) in [7, 11) is 1.78. The van der Waals surface area contributed by atoms with Gasteiger partial charge in [-0.1, -0.05) is 6.92 Å². The highest BCUT2D eigenvalue weighted by Gasteiger charge is 2.12. The molecule has 74 valence electrons. The number of hydrogen-bond donors (Lipinski definition) is 0. The summed E-state index contributed by atoms with van der Waals surface area (Å²) in [4.78, 5) is 11.7. The largest absolute Gasteiger partial charge is 0.443 e. The Morgan fingerprint density at radius 3 is 2.93 bits per heavy atom. The molecule has 2 heterocycles. The van der Waals surface area contributed by atoms with Crippen molar-refractivity contribution in [2.75, 3.05) is 0 Å². The van der Waals surface area contributed by atoms with E-state index in [0.29, 0.717) is 16.9 Å². The molecule has 0 aliphatic heterocycles. The van der Waals surface area contributed by atoms with Crippen LogP contribution >= 0.6 is 0 Å². The number of aromatic nitrogens is 2. The van der Waals surface area contributed by atoms with E-state index in [-0.39, 0.29) is 5.43 Å². The first-order valence-corrected chi connectivity index (χ1v) is 4.59. The molecular weight excluding hydrogens is 180 g/mol. The highest BCUT2D eigenvalue weighted by atomic mass is 16.3. The molecule has 0 unspecified atom stereocenters. The van der Waals surface area contributed by atoms with Crippen LogP contribution in [-0.4, -0.2) is 9.78 Å².